The maximum absolute atomic E-state index is 11.2. The SMILES string of the molecule is Nc1cnc(NCC(C2CC2)C2CC2)c(C(=O)O)c1. The van der Waals surface area contributed by atoms with Crippen molar-refractivity contribution in [2.24, 2.45) is 17.8 Å². The Kier molecular flexibility index (Phi) is 3.05. The van der Waals surface area contributed by atoms with Gasteiger partial charge in [0, 0.05) is 6.54 Å². The number of anilines is 2. The quantitative estimate of drug-likeness (QED) is 0.730. The highest BCUT2D eigenvalue weighted by Crippen LogP contribution is 2.49. The number of nitrogens with one attached hydrogen (secondary N) is 1. The lowest BCUT2D eigenvalue weighted by atomic mass is 9.98. The van der Waals surface area contributed by atoms with Crippen molar-refractivity contribution < 1.29 is 9.90 Å². The fourth-order valence-electron chi connectivity index (χ4n) is 2.77. The van der Waals surface area contributed by atoms with Crippen molar-refractivity contribution in [1.29, 1.82) is 0 Å². The van der Waals surface area contributed by atoms with Gasteiger partial charge in [0.05, 0.1) is 11.9 Å². The first kappa shape index (κ1) is 12.3. The number of pyridine rings is 1. The minimum absolute atomic E-state index is 0.158. The molecule has 1 aromatic heterocycles. The molecule has 0 atom stereocenters. The smallest absolute Gasteiger partial charge is 0.339 e. The van der Waals surface area contributed by atoms with Crippen LogP contribution in [0.1, 0.15) is 36.0 Å². The highest BCUT2D eigenvalue weighted by molar-refractivity contribution is 5.94. The number of hydrogen-bond acceptors (Lipinski definition) is 4. The van der Waals surface area contributed by atoms with Crippen molar-refractivity contribution in [3.8, 4) is 0 Å². The van der Waals surface area contributed by atoms with Crippen LogP contribution in [0.3, 0.4) is 0 Å². The average Bonchev–Trinajstić information content (AvgIpc) is 3.25. The molecular formula is C14H19N3O2. The second-order valence-electron chi connectivity index (χ2n) is 5.69. The van der Waals surface area contributed by atoms with Crippen LogP contribution in [0.2, 0.25) is 0 Å². The van der Waals surface area contributed by atoms with Gasteiger partial charge in [-0.05, 0) is 49.5 Å². The van der Waals surface area contributed by atoms with Gasteiger partial charge in [-0.2, -0.15) is 0 Å². The maximum Gasteiger partial charge on any atom is 0.339 e. The number of carboxylic acid groups (broad SMARTS) is 1. The van der Waals surface area contributed by atoms with Crippen LogP contribution in [0.4, 0.5) is 11.5 Å². The summed E-state index contributed by atoms with van der Waals surface area (Å²) in [7, 11) is 0. The number of nitrogens with two attached hydrogens (primary N) is 1. The number of nitrogen functional groups attached to an aromatic ring is 1. The molecule has 0 spiro atoms. The van der Waals surface area contributed by atoms with Gasteiger partial charge in [-0.15, -0.1) is 0 Å². The first-order valence-corrected chi connectivity index (χ1v) is 6.88. The van der Waals surface area contributed by atoms with Gasteiger partial charge in [-0.25, -0.2) is 9.78 Å². The third-order valence-electron chi connectivity index (χ3n) is 4.10. The van der Waals surface area contributed by atoms with Gasteiger partial charge in [-0.1, -0.05) is 0 Å². The number of rotatable bonds is 6. The third kappa shape index (κ3) is 2.80. The lowest BCUT2D eigenvalue weighted by molar-refractivity contribution is 0.0697. The summed E-state index contributed by atoms with van der Waals surface area (Å²) in [5, 5.41) is 12.4. The molecule has 0 radical (unpaired) electrons. The predicted molar refractivity (Wildman–Crippen MR) is 73.0 cm³/mol. The fraction of sp³-hybridized carbons (Fsp3) is 0.571. The Balaban J connectivity index is 1.70. The summed E-state index contributed by atoms with van der Waals surface area (Å²) in [6, 6.07) is 1.46. The van der Waals surface area contributed by atoms with E-state index in [0.717, 1.165) is 18.4 Å². The van der Waals surface area contributed by atoms with Crippen LogP contribution >= 0.6 is 0 Å². The van der Waals surface area contributed by atoms with Crippen molar-refractivity contribution in [3.63, 3.8) is 0 Å². The number of aromatic carboxylic acids is 1. The second-order valence-corrected chi connectivity index (χ2v) is 5.69. The van der Waals surface area contributed by atoms with Crippen molar-refractivity contribution in [2.75, 3.05) is 17.6 Å². The summed E-state index contributed by atoms with van der Waals surface area (Å²) in [6.07, 6.45) is 6.79. The highest BCUT2D eigenvalue weighted by atomic mass is 16.4. The van der Waals surface area contributed by atoms with Crippen molar-refractivity contribution in [3.05, 3.63) is 17.8 Å². The van der Waals surface area contributed by atoms with Crippen molar-refractivity contribution in [1.82, 2.24) is 4.98 Å². The van der Waals surface area contributed by atoms with Gasteiger partial charge in [0.1, 0.15) is 11.4 Å². The molecule has 1 heterocycles. The molecule has 1 aromatic rings. The Bertz CT molecular complexity index is 483. The Morgan fingerprint density at radius 2 is 2.05 bits per heavy atom. The summed E-state index contributed by atoms with van der Waals surface area (Å²) in [4.78, 5) is 15.3. The monoisotopic (exact) mass is 261 g/mol. The van der Waals surface area contributed by atoms with E-state index in [1.54, 1.807) is 0 Å². The second kappa shape index (κ2) is 4.72. The minimum Gasteiger partial charge on any atom is -0.478 e. The molecule has 0 aromatic carbocycles. The van der Waals surface area contributed by atoms with Gasteiger partial charge in [0.2, 0.25) is 0 Å². The molecule has 5 heteroatoms. The number of nitrogens with zero attached hydrogens (tertiary/aromatic N) is 1. The van der Waals surface area contributed by atoms with Gasteiger partial charge in [-0.3, -0.25) is 0 Å². The molecule has 2 saturated carbocycles. The molecule has 0 unspecified atom stereocenters. The molecule has 2 aliphatic carbocycles. The normalized spacial score (nSPS) is 18.6. The summed E-state index contributed by atoms with van der Waals surface area (Å²) in [6.45, 7) is 0.826. The zero-order valence-electron chi connectivity index (χ0n) is 10.8. The van der Waals surface area contributed by atoms with E-state index in [0.29, 0.717) is 17.4 Å². The summed E-state index contributed by atoms with van der Waals surface area (Å²) in [5.41, 5.74) is 6.12. The van der Waals surface area contributed by atoms with E-state index in [1.165, 1.54) is 37.9 Å². The van der Waals surface area contributed by atoms with Gasteiger partial charge >= 0.3 is 5.97 Å². The predicted octanol–water partition coefficient (Wildman–Crippen LogP) is 2.21. The molecule has 3 rings (SSSR count). The van der Waals surface area contributed by atoms with Crippen LogP contribution in [0.5, 0.6) is 0 Å². The van der Waals surface area contributed by atoms with Crippen molar-refractivity contribution in [2.45, 2.75) is 25.7 Å². The minimum atomic E-state index is -0.989. The third-order valence-corrected chi connectivity index (χ3v) is 4.10. The molecule has 0 aliphatic heterocycles. The average molecular weight is 261 g/mol. The first-order valence-electron chi connectivity index (χ1n) is 6.88. The number of carboxylic acids is 1. The molecule has 0 saturated heterocycles. The van der Waals surface area contributed by atoms with E-state index in [-0.39, 0.29) is 5.56 Å². The zero-order valence-corrected chi connectivity index (χ0v) is 10.8. The van der Waals surface area contributed by atoms with E-state index >= 15 is 0 Å². The molecule has 2 fully saturated rings. The molecule has 4 N–H and O–H groups in total. The van der Waals surface area contributed by atoms with Gasteiger partial charge in [0.25, 0.3) is 0 Å². The molecular weight excluding hydrogens is 242 g/mol. The van der Waals surface area contributed by atoms with E-state index < -0.39 is 5.97 Å². The van der Waals surface area contributed by atoms with Crippen LogP contribution in [0.25, 0.3) is 0 Å². The van der Waals surface area contributed by atoms with Crippen LogP contribution in [0, 0.1) is 17.8 Å². The van der Waals surface area contributed by atoms with E-state index in [4.69, 9.17) is 10.8 Å². The highest BCUT2D eigenvalue weighted by Gasteiger charge is 2.41. The molecule has 19 heavy (non-hydrogen) atoms. The Morgan fingerprint density at radius 3 is 2.58 bits per heavy atom. The Labute approximate surface area is 112 Å². The topological polar surface area (TPSA) is 88.2 Å². The fourth-order valence-corrected chi connectivity index (χ4v) is 2.77. The summed E-state index contributed by atoms with van der Waals surface area (Å²) < 4.78 is 0. The largest absolute Gasteiger partial charge is 0.478 e. The van der Waals surface area contributed by atoms with E-state index in [2.05, 4.69) is 10.3 Å². The zero-order chi connectivity index (χ0) is 13.4. The molecule has 2 aliphatic rings. The van der Waals surface area contributed by atoms with Crippen LogP contribution in [0.15, 0.2) is 12.3 Å². The lowest BCUT2D eigenvalue weighted by Gasteiger charge is -2.17. The Morgan fingerprint density at radius 1 is 1.42 bits per heavy atom. The number of carbonyl (C=O) groups is 1. The Hall–Kier alpha value is -1.78. The van der Waals surface area contributed by atoms with Crippen LogP contribution < -0.4 is 11.1 Å². The van der Waals surface area contributed by atoms with Crippen molar-refractivity contribution >= 4 is 17.5 Å². The van der Waals surface area contributed by atoms with E-state index in [1.807, 2.05) is 0 Å². The van der Waals surface area contributed by atoms with E-state index in [9.17, 15) is 4.79 Å². The number of hydrogen-bond donors (Lipinski definition) is 3. The van der Waals surface area contributed by atoms with Gasteiger partial charge in [0.15, 0.2) is 0 Å². The number of aromatic nitrogens is 1. The summed E-state index contributed by atoms with van der Waals surface area (Å²) in [5.74, 6) is 1.80. The maximum atomic E-state index is 11.2. The molecule has 102 valence electrons. The lowest BCUT2D eigenvalue weighted by Crippen LogP contribution is -2.20. The first-order chi connectivity index (χ1) is 9.15. The van der Waals surface area contributed by atoms with Crippen LogP contribution in [-0.4, -0.2) is 22.6 Å². The molecule has 0 bridgehead atoms. The van der Waals surface area contributed by atoms with Gasteiger partial charge < -0.3 is 16.2 Å². The van der Waals surface area contributed by atoms with Crippen LogP contribution in [-0.2, 0) is 0 Å². The molecule has 5 nitrogen and oxygen atoms in total. The molecule has 0 amide bonds. The standard InChI is InChI=1S/C14H19N3O2/c15-10-5-11(14(18)19)13(16-6-10)17-7-12(8-1-2-8)9-3-4-9/h5-6,8-9,12H,1-4,7,15H2,(H,16,17)(H,18,19). The summed E-state index contributed by atoms with van der Waals surface area (Å²) >= 11 is 0.